The Morgan fingerprint density at radius 2 is 2.05 bits per heavy atom. The third-order valence-corrected chi connectivity index (χ3v) is 3.48. The van der Waals surface area contributed by atoms with Crippen LogP contribution in [0, 0.1) is 0 Å². The van der Waals surface area contributed by atoms with E-state index >= 15 is 0 Å². The van der Waals surface area contributed by atoms with Gasteiger partial charge in [0.15, 0.2) is 0 Å². The molecule has 6 nitrogen and oxygen atoms in total. The van der Waals surface area contributed by atoms with Crippen LogP contribution in [0.3, 0.4) is 0 Å². The Morgan fingerprint density at radius 1 is 1.30 bits per heavy atom. The van der Waals surface area contributed by atoms with Crippen molar-refractivity contribution in [3.05, 3.63) is 62.4 Å². The average molecular weight is 271 g/mol. The zero-order valence-electron chi connectivity index (χ0n) is 10.8. The minimum atomic E-state index is -0.671. The van der Waals surface area contributed by atoms with E-state index in [0.717, 1.165) is 23.9 Å². The molecule has 2 heterocycles. The van der Waals surface area contributed by atoms with Gasteiger partial charge in [-0.3, -0.25) is 14.6 Å². The molecule has 3 rings (SSSR count). The van der Waals surface area contributed by atoms with Gasteiger partial charge in [-0.15, -0.1) is 0 Å². The molecule has 102 valence electrons. The van der Waals surface area contributed by atoms with E-state index in [2.05, 4.69) is 9.97 Å². The molecule has 1 atom stereocenters. The van der Waals surface area contributed by atoms with Gasteiger partial charge >= 0.3 is 5.69 Å². The van der Waals surface area contributed by atoms with Gasteiger partial charge in [0.05, 0.1) is 0 Å². The van der Waals surface area contributed by atoms with Gasteiger partial charge in [0.1, 0.15) is 5.56 Å². The molecule has 1 aliphatic heterocycles. The lowest BCUT2D eigenvalue weighted by atomic mass is 10.1. The van der Waals surface area contributed by atoms with Crippen LogP contribution in [0.2, 0.25) is 0 Å². The summed E-state index contributed by atoms with van der Waals surface area (Å²) < 4.78 is 0. The third kappa shape index (κ3) is 1.85. The molecule has 1 unspecified atom stereocenters. The maximum absolute atomic E-state index is 12.5. The second kappa shape index (κ2) is 4.48. The highest BCUT2D eigenvalue weighted by molar-refractivity contribution is 6.07. The number of carbonyl (C=O) groups excluding carboxylic acids is 1. The molecule has 1 aromatic heterocycles. The zero-order valence-corrected chi connectivity index (χ0v) is 10.8. The fraction of sp³-hybridized carbons (Fsp3) is 0.214. The van der Waals surface area contributed by atoms with E-state index in [1.807, 2.05) is 31.2 Å². The van der Waals surface area contributed by atoms with E-state index in [-0.39, 0.29) is 11.6 Å². The van der Waals surface area contributed by atoms with Crippen molar-refractivity contribution in [2.24, 2.45) is 0 Å². The number of fused-ring (bicyclic) bond motifs is 1. The van der Waals surface area contributed by atoms with Crippen molar-refractivity contribution in [2.75, 3.05) is 4.90 Å². The zero-order chi connectivity index (χ0) is 14.3. The molecule has 1 aromatic carbocycles. The molecule has 1 amide bonds. The largest absolute Gasteiger partial charge is 0.325 e. The summed E-state index contributed by atoms with van der Waals surface area (Å²) in [6.45, 7) is 1.93. The first kappa shape index (κ1) is 12.4. The molecular formula is C14H13N3O3. The van der Waals surface area contributed by atoms with Crippen LogP contribution in [-0.4, -0.2) is 21.9 Å². The summed E-state index contributed by atoms with van der Waals surface area (Å²) in [5, 5.41) is 0. The number of aromatic nitrogens is 2. The lowest BCUT2D eigenvalue weighted by Gasteiger charge is -2.22. The van der Waals surface area contributed by atoms with Gasteiger partial charge < -0.3 is 9.88 Å². The number of anilines is 1. The van der Waals surface area contributed by atoms with Gasteiger partial charge in [0, 0.05) is 17.9 Å². The molecule has 20 heavy (non-hydrogen) atoms. The highest BCUT2D eigenvalue weighted by atomic mass is 16.2. The monoisotopic (exact) mass is 271 g/mol. The number of hydrogen-bond acceptors (Lipinski definition) is 3. The Balaban J connectivity index is 2.07. The molecule has 1 aliphatic rings. The molecular weight excluding hydrogens is 258 g/mol. The number of rotatable bonds is 1. The molecule has 0 spiro atoms. The van der Waals surface area contributed by atoms with Crippen molar-refractivity contribution in [3.8, 4) is 0 Å². The van der Waals surface area contributed by atoms with Crippen molar-refractivity contribution < 1.29 is 4.79 Å². The molecule has 0 aliphatic carbocycles. The minimum absolute atomic E-state index is 0.0220. The number of nitrogens with one attached hydrogen (secondary N) is 2. The van der Waals surface area contributed by atoms with Gasteiger partial charge in [-0.1, -0.05) is 18.2 Å². The van der Waals surface area contributed by atoms with Crippen LogP contribution in [0.4, 0.5) is 5.69 Å². The quantitative estimate of drug-likeness (QED) is 0.798. The van der Waals surface area contributed by atoms with Gasteiger partial charge in [0.25, 0.3) is 11.5 Å². The second-order valence-corrected chi connectivity index (χ2v) is 4.84. The van der Waals surface area contributed by atoms with Crippen molar-refractivity contribution in [3.63, 3.8) is 0 Å². The van der Waals surface area contributed by atoms with Crippen LogP contribution in [0.15, 0.2) is 40.1 Å². The summed E-state index contributed by atoms with van der Waals surface area (Å²) in [4.78, 5) is 41.3. The van der Waals surface area contributed by atoms with Crippen LogP contribution in [-0.2, 0) is 6.42 Å². The van der Waals surface area contributed by atoms with E-state index in [4.69, 9.17) is 0 Å². The second-order valence-electron chi connectivity index (χ2n) is 4.84. The average Bonchev–Trinajstić information content (AvgIpc) is 2.73. The Hall–Kier alpha value is -2.63. The van der Waals surface area contributed by atoms with E-state index < -0.39 is 17.2 Å². The maximum Gasteiger partial charge on any atom is 0.325 e. The summed E-state index contributed by atoms with van der Waals surface area (Å²) in [5.74, 6) is -0.403. The molecule has 0 saturated heterocycles. The van der Waals surface area contributed by atoms with Crippen molar-refractivity contribution >= 4 is 11.6 Å². The molecule has 2 N–H and O–H groups in total. The van der Waals surface area contributed by atoms with E-state index in [9.17, 15) is 14.4 Å². The highest BCUT2D eigenvalue weighted by Crippen LogP contribution is 2.32. The number of H-pyrrole nitrogens is 2. The lowest BCUT2D eigenvalue weighted by Crippen LogP contribution is -2.40. The number of benzene rings is 1. The number of amides is 1. The summed E-state index contributed by atoms with van der Waals surface area (Å²) >= 11 is 0. The van der Waals surface area contributed by atoms with Gasteiger partial charge in [0.2, 0.25) is 0 Å². The number of hydrogen-bond donors (Lipinski definition) is 2. The van der Waals surface area contributed by atoms with Crippen LogP contribution >= 0.6 is 0 Å². The van der Waals surface area contributed by atoms with Crippen molar-refractivity contribution in [1.82, 2.24) is 9.97 Å². The van der Waals surface area contributed by atoms with Crippen LogP contribution in [0.25, 0.3) is 0 Å². The summed E-state index contributed by atoms with van der Waals surface area (Å²) in [7, 11) is 0. The molecule has 0 bridgehead atoms. The van der Waals surface area contributed by atoms with Gasteiger partial charge in [-0.05, 0) is 25.0 Å². The van der Waals surface area contributed by atoms with Crippen molar-refractivity contribution in [1.29, 1.82) is 0 Å². The molecule has 0 radical (unpaired) electrons. The maximum atomic E-state index is 12.5. The molecule has 2 aromatic rings. The van der Waals surface area contributed by atoms with Crippen LogP contribution in [0.1, 0.15) is 22.8 Å². The van der Waals surface area contributed by atoms with Gasteiger partial charge in [-0.2, -0.15) is 0 Å². The first-order valence-corrected chi connectivity index (χ1v) is 6.31. The first-order valence-electron chi connectivity index (χ1n) is 6.31. The predicted molar refractivity (Wildman–Crippen MR) is 74.1 cm³/mol. The highest BCUT2D eigenvalue weighted by Gasteiger charge is 2.32. The van der Waals surface area contributed by atoms with Crippen molar-refractivity contribution in [2.45, 2.75) is 19.4 Å². The molecule has 0 fully saturated rings. The first-order chi connectivity index (χ1) is 9.58. The number of nitrogens with zero attached hydrogens (tertiary/aromatic N) is 1. The number of para-hydroxylation sites is 1. The summed E-state index contributed by atoms with van der Waals surface area (Å²) in [6, 6.07) is 7.58. The topological polar surface area (TPSA) is 86.0 Å². The Labute approximate surface area is 114 Å². The number of aromatic amines is 2. The fourth-order valence-corrected chi connectivity index (χ4v) is 2.57. The van der Waals surface area contributed by atoms with E-state index in [1.54, 1.807) is 4.90 Å². The molecule has 0 saturated carbocycles. The Morgan fingerprint density at radius 3 is 2.80 bits per heavy atom. The van der Waals surface area contributed by atoms with Crippen LogP contribution < -0.4 is 16.1 Å². The predicted octanol–water partition coefficient (Wildman–Crippen LogP) is 0.655. The third-order valence-electron chi connectivity index (χ3n) is 3.48. The van der Waals surface area contributed by atoms with Crippen LogP contribution in [0.5, 0.6) is 0 Å². The number of carbonyl (C=O) groups is 1. The van der Waals surface area contributed by atoms with E-state index in [0.29, 0.717) is 0 Å². The van der Waals surface area contributed by atoms with E-state index in [1.165, 1.54) is 0 Å². The lowest BCUT2D eigenvalue weighted by molar-refractivity contribution is 0.0979. The smallest absolute Gasteiger partial charge is 0.313 e. The fourth-order valence-electron chi connectivity index (χ4n) is 2.57. The molecule has 6 heteroatoms. The summed E-state index contributed by atoms with van der Waals surface area (Å²) in [6.07, 6.45) is 1.92. The normalized spacial score (nSPS) is 17.1. The van der Waals surface area contributed by atoms with Gasteiger partial charge in [-0.25, -0.2) is 4.79 Å². The minimum Gasteiger partial charge on any atom is -0.313 e. The Kier molecular flexibility index (Phi) is 2.78. The standard InChI is InChI=1S/C14H13N3O3/c1-8-6-9-4-2-3-5-11(9)17(8)13(19)10-7-15-14(20)16-12(10)18/h2-5,7-8H,6H2,1H3,(H2,15,16,18,20). The Bertz CT molecular complexity index is 790. The summed E-state index contributed by atoms with van der Waals surface area (Å²) in [5.41, 5.74) is 0.537. The SMILES string of the molecule is CC1Cc2ccccc2N1C(=O)c1c[nH]c(=O)[nH]c1=O.